The van der Waals surface area contributed by atoms with Gasteiger partial charge in [-0.05, 0) is 49.2 Å². The Morgan fingerprint density at radius 2 is 1.94 bits per heavy atom. The third-order valence-corrected chi connectivity index (χ3v) is 2.95. The van der Waals surface area contributed by atoms with E-state index in [4.69, 9.17) is 9.84 Å². The molecule has 0 aliphatic rings. The molecule has 18 heavy (non-hydrogen) atoms. The number of aromatic nitrogens is 1. The Morgan fingerprint density at radius 3 is 2.50 bits per heavy atom. The minimum atomic E-state index is -0.955. The molecule has 1 aromatic heterocycles. The second kappa shape index (κ2) is 4.56. The van der Waals surface area contributed by atoms with Crippen LogP contribution >= 0.6 is 0 Å². The third-order valence-electron chi connectivity index (χ3n) is 2.95. The Bertz CT molecular complexity index is 599. The molecule has 2 rings (SSSR count). The van der Waals surface area contributed by atoms with Crippen LogP contribution in [0.2, 0.25) is 0 Å². The summed E-state index contributed by atoms with van der Waals surface area (Å²) in [6.07, 6.45) is 0. The number of ether oxygens (including phenoxy) is 1. The maximum atomic E-state index is 10.8. The molecule has 0 radical (unpaired) electrons. The first-order valence-corrected chi connectivity index (χ1v) is 5.61. The van der Waals surface area contributed by atoms with Gasteiger partial charge in [-0.1, -0.05) is 0 Å². The fourth-order valence-electron chi connectivity index (χ4n) is 1.98. The number of hydrogen-bond donors (Lipinski definition) is 2. The standard InChI is InChI=1S/C14H15NO3/c1-8-7-13(18-3)9(2)6-10(8)11-4-5-12(15-11)14(16)17/h4-7,15H,1-3H3,(H,16,17). The first-order valence-electron chi connectivity index (χ1n) is 5.61. The van der Waals surface area contributed by atoms with Crippen molar-refractivity contribution in [1.82, 2.24) is 4.98 Å². The number of carbonyl (C=O) groups is 1. The van der Waals surface area contributed by atoms with Gasteiger partial charge in [0.1, 0.15) is 11.4 Å². The lowest BCUT2D eigenvalue weighted by atomic mass is 10.0. The summed E-state index contributed by atoms with van der Waals surface area (Å²) in [4.78, 5) is 13.7. The highest BCUT2D eigenvalue weighted by molar-refractivity contribution is 5.87. The average molecular weight is 245 g/mol. The van der Waals surface area contributed by atoms with Gasteiger partial charge in [0, 0.05) is 11.3 Å². The summed E-state index contributed by atoms with van der Waals surface area (Å²) in [6.45, 7) is 3.93. The van der Waals surface area contributed by atoms with Crippen LogP contribution in [0.3, 0.4) is 0 Å². The van der Waals surface area contributed by atoms with E-state index in [0.717, 1.165) is 28.1 Å². The molecule has 1 heterocycles. The van der Waals surface area contributed by atoms with Gasteiger partial charge in [0.05, 0.1) is 7.11 Å². The molecule has 0 atom stereocenters. The first kappa shape index (κ1) is 12.2. The molecule has 0 aliphatic carbocycles. The molecule has 0 spiro atoms. The number of nitrogens with one attached hydrogen (secondary N) is 1. The lowest BCUT2D eigenvalue weighted by Gasteiger charge is -2.10. The van der Waals surface area contributed by atoms with Crippen molar-refractivity contribution >= 4 is 5.97 Å². The summed E-state index contributed by atoms with van der Waals surface area (Å²) in [5, 5.41) is 8.90. The Balaban J connectivity index is 2.50. The molecule has 2 aromatic rings. The molecule has 0 fully saturated rings. The van der Waals surface area contributed by atoms with Crippen LogP contribution in [-0.2, 0) is 0 Å². The van der Waals surface area contributed by atoms with Crippen LogP contribution < -0.4 is 4.74 Å². The van der Waals surface area contributed by atoms with E-state index < -0.39 is 5.97 Å². The summed E-state index contributed by atoms with van der Waals surface area (Å²) in [5.41, 5.74) is 4.04. The Morgan fingerprint density at radius 1 is 1.22 bits per heavy atom. The van der Waals surface area contributed by atoms with E-state index >= 15 is 0 Å². The van der Waals surface area contributed by atoms with Crippen LogP contribution in [0.15, 0.2) is 24.3 Å². The molecular weight excluding hydrogens is 230 g/mol. The van der Waals surface area contributed by atoms with E-state index in [1.165, 1.54) is 0 Å². The second-order valence-corrected chi connectivity index (χ2v) is 4.23. The second-order valence-electron chi connectivity index (χ2n) is 4.23. The summed E-state index contributed by atoms with van der Waals surface area (Å²) in [5.74, 6) is -0.120. The Hall–Kier alpha value is -2.23. The third kappa shape index (κ3) is 2.09. The molecule has 0 aliphatic heterocycles. The van der Waals surface area contributed by atoms with Crippen LogP contribution in [-0.4, -0.2) is 23.2 Å². The molecule has 1 aromatic carbocycles. The fraction of sp³-hybridized carbons (Fsp3) is 0.214. The molecular formula is C14H15NO3. The summed E-state index contributed by atoms with van der Waals surface area (Å²) in [7, 11) is 1.64. The molecule has 0 bridgehead atoms. The normalized spacial score (nSPS) is 10.4. The number of H-pyrrole nitrogens is 1. The summed E-state index contributed by atoms with van der Waals surface area (Å²) in [6, 6.07) is 7.28. The molecule has 94 valence electrons. The molecule has 0 amide bonds. The highest BCUT2D eigenvalue weighted by Crippen LogP contribution is 2.29. The zero-order chi connectivity index (χ0) is 13.3. The SMILES string of the molecule is COc1cc(C)c(-c2ccc(C(=O)O)[nH]2)cc1C. The number of aryl methyl sites for hydroxylation is 2. The van der Waals surface area contributed by atoms with Crippen LogP contribution in [0.25, 0.3) is 11.3 Å². The number of hydrogen-bond acceptors (Lipinski definition) is 2. The predicted octanol–water partition coefficient (Wildman–Crippen LogP) is 3.01. The number of carboxylic acid groups (broad SMARTS) is 1. The fourth-order valence-corrected chi connectivity index (χ4v) is 1.98. The minimum absolute atomic E-state index is 0.192. The van der Waals surface area contributed by atoms with Crippen LogP contribution in [0.4, 0.5) is 0 Å². The number of benzene rings is 1. The van der Waals surface area contributed by atoms with Crippen molar-refractivity contribution < 1.29 is 14.6 Å². The molecule has 0 unspecified atom stereocenters. The van der Waals surface area contributed by atoms with Crippen molar-refractivity contribution in [2.24, 2.45) is 0 Å². The van der Waals surface area contributed by atoms with Crippen molar-refractivity contribution in [2.45, 2.75) is 13.8 Å². The van der Waals surface area contributed by atoms with Crippen molar-refractivity contribution in [3.8, 4) is 17.0 Å². The van der Waals surface area contributed by atoms with Gasteiger partial charge in [-0.15, -0.1) is 0 Å². The van der Waals surface area contributed by atoms with Gasteiger partial charge in [-0.2, -0.15) is 0 Å². The van der Waals surface area contributed by atoms with Gasteiger partial charge < -0.3 is 14.8 Å². The smallest absolute Gasteiger partial charge is 0.352 e. The maximum Gasteiger partial charge on any atom is 0.352 e. The Labute approximate surface area is 105 Å². The monoisotopic (exact) mass is 245 g/mol. The number of methoxy groups -OCH3 is 1. The predicted molar refractivity (Wildman–Crippen MR) is 69.2 cm³/mol. The van der Waals surface area contributed by atoms with Crippen molar-refractivity contribution in [3.05, 3.63) is 41.1 Å². The van der Waals surface area contributed by atoms with Gasteiger partial charge in [-0.3, -0.25) is 0 Å². The van der Waals surface area contributed by atoms with Crippen molar-refractivity contribution in [3.63, 3.8) is 0 Å². The maximum absolute atomic E-state index is 10.8. The number of carboxylic acids is 1. The van der Waals surface area contributed by atoms with E-state index in [-0.39, 0.29) is 5.69 Å². The van der Waals surface area contributed by atoms with Gasteiger partial charge >= 0.3 is 5.97 Å². The molecule has 0 saturated heterocycles. The number of aromatic amines is 1. The van der Waals surface area contributed by atoms with Crippen molar-refractivity contribution in [1.29, 1.82) is 0 Å². The lowest BCUT2D eigenvalue weighted by Crippen LogP contribution is -1.96. The zero-order valence-electron chi connectivity index (χ0n) is 10.6. The van der Waals surface area contributed by atoms with E-state index in [9.17, 15) is 4.79 Å². The Kier molecular flexibility index (Phi) is 3.10. The highest BCUT2D eigenvalue weighted by atomic mass is 16.5. The molecule has 4 heteroatoms. The van der Waals surface area contributed by atoms with Gasteiger partial charge in [0.25, 0.3) is 0 Å². The average Bonchev–Trinajstić information content (AvgIpc) is 2.81. The minimum Gasteiger partial charge on any atom is -0.496 e. The molecule has 0 saturated carbocycles. The van der Waals surface area contributed by atoms with Gasteiger partial charge in [0.15, 0.2) is 0 Å². The van der Waals surface area contributed by atoms with Gasteiger partial charge in [-0.25, -0.2) is 4.79 Å². The van der Waals surface area contributed by atoms with E-state index in [0.29, 0.717) is 0 Å². The molecule has 2 N–H and O–H groups in total. The van der Waals surface area contributed by atoms with Crippen molar-refractivity contribution in [2.75, 3.05) is 7.11 Å². The topological polar surface area (TPSA) is 62.3 Å². The summed E-state index contributed by atoms with van der Waals surface area (Å²) < 4.78 is 5.26. The highest BCUT2D eigenvalue weighted by Gasteiger charge is 2.11. The van der Waals surface area contributed by atoms with E-state index in [2.05, 4.69) is 4.98 Å². The largest absolute Gasteiger partial charge is 0.496 e. The summed E-state index contributed by atoms with van der Waals surface area (Å²) >= 11 is 0. The number of rotatable bonds is 3. The zero-order valence-corrected chi connectivity index (χ0v) is 10.6. The van der Waals surface area contributed by atoms with E-state index in [1.54, 1.807) is 19.2 Å². The quantitative estimate of drug-likeness (QED) is 0.873. The number of aromatic carboxylic acids is 1. The molecule has 4 nitrogen and oxygen atoms in total. The lowest BCUT2D eigenvalue weighted by molar-refractivity contribution is 0.0691. The van der Waals surface area contributed by atoms with Crippen LogP contribution in [0, 0.1) is 13.8 Å². The van der Waals surface area contributed by atoms with Crippen LogP contribution in [0.1, 0.15) is 21.6 Å². The van der Waals surface area contributed by atoms with Gasteiger partial charge in [0.2, 0.25) is 0 Å². The van der Waals surface area contributed by atoms with Crippen LogP contribution in [0.5, 0.6) is 5.75 Å². The van der Waals surface area contributed by atoms with E-state index in [1.807, 2.05) is 26.0 Å². The first-order chi connectivity index (χ1) is 8.52.